The Balaban J connectivity index is 1.77. The number of benzene rings is 1. The van der Waals surface area contributed by atoms with E-state index in [1.54, 1.807) is 19.2 Å². The topological polar surface area (TPSA) is 148 Å². The number of para-hydroxylation sites is 1. The molecule has 2 unspecified atom stereocenters. The standard InChI is InChI=1S/C28H40N4O7/c1-30(2)14-15-31(3)23(33)16-20(26(37)38)17-28(12-6-7-13-28)27(39)29-21-11-10-19-8-4-5-9-22(19)32(25(21)36)18-24(34)35/h4-5,8-9,20-21H,6-7,10-18H2,1-3H3,(H,29,39)(H,34,35)(H,37,38). The molecule has 1 aliphatic heterocycles. The number of hydrogen-bond donors (Lipinski definition) is 3. The van der Waals surface area contributed by atoms with Crippen molar-refractivity contribution in [3.8, 4) is 0 Å². The largest absolute Gasteiger partial charge is 0.481 e. The maximum atomic E-state index is 13.8. The van der Waals surface area contributed by atoms with Crippen LogP contribution in [0.2, 0.25) is 0 Å². The number of nitrogens with zero attached hydrogens (tertiary/aromatic N) is 3. The van der Waals surface area contributed by atoms with Crippen molar-refractivity contribution in [2.45, 2.75) is 57.4 Å². The van der Waals surface area contributed by atoms with E-state index < -0.39 is 47.7 Å². The molecule has 11 heteroatoms. The molecule has 1 aromatic rings. The van der Waals surface area contributed by atoms with Crippen LogP contribution in [0.25, 0.3) is 0 Å². The van der Waals surface area contributed by atoms with Crippen molar-refractivity contribution >= 4 is 35.3 Å². The molecule has 0 aromatic heterocycles. The number of likely N-dealkylation sites (N-methyl/N-ethyl adjacent to an activating group) is 2. The SMILES string of the molecule is CN(C)CCN(C)C(=O)CC(CC1(C(=O)NC2CCc3ccccc3N(CC(=O)O)C2=O)CCCC1)C(=O)O. The van der Waals surface area contributed by atoms with Crippen molar-refractivity contribution in [3.05, 3.63) is 29.8 Å². The van der Waals surface area contributed by atoms with Crippen molar-refractivity contribution < 1.29 is 34.2 Å². The third-order valence-corrected chi connectivity index (χ3v) is 7.91. The molecule has 1 aromatic carbocycles. The van der Waals surface area contributed by atoms with E-state index in [0.29, 0.717) is 44.5 Å². The van der Waals surface area contributed by atoms with Crippen molar-refractivity contribution in [2.75, 3.05) is 45.7 Å². The molecule has 0 bridgehead atoms. The first-order valence-corrected chi connectivity index (χ1v) is 13.5. The van der Waals surface area contributed by atoms with E-state index in [0.717, 1.165) is 18.4 Å². The van der Waals surface area contributed by atoms with Gasteiger partial charge in [0.15, 0.2) is 0 Å². The normalized spacial score (nSPS) is 19.2. The Morgan fingerprint density at radius 3 is 2.36 bits per heavy atom. The number of hydrogen-bond acceptors (Lipinski definition) is 6. The molecule has 1 saturated carbocycles. The zero-order chi connectivity index (χ0) is 28.7. The zero-order valence-corrected chi connectivity index (χ0v) is 23.0. The number of carbonyl (C=O) groups excluding carboxylic acids is 3. The average Bonchev–Trinajstić information content (AvgIpc) is 3.32. The Labute approximate surface area is 229 Å². The van der Waals surface area contributed by atoms with Crippen molar-refractivity contribution in [1.82, 2.24) is 15.1 Å². The maximum absolute atomic E-state index is 13.8. The van der Waals surface area contributed by atoms with Gasteiger partial charge in [0.2, 0.25) is 17.7 Å². The predicted octanol–water partition coefficient (Wildman–Crippen LogP) is 1.60. The lowest BCUT2D eigenvalue weighted by molar-refractivity contribution is -0.148. The number of aryl methyl sites for hydroxylation is 1. The molecule has 3 amide bonds. The van der Waals surface area contributed by atoms with Crippen LogP contribution in [0.15, 0.2) is 24.3 Å². The number of nitrogens with one attached hydrogen (secondary N) is 1. The Bertz CT molecular complexity index is 1080. The minimum absolute atomic E-state index is 0.00139. The van der Waals surface area contributed by atoms with E-state index in [1.165, 1.54) is 9.80 Å². The van der Waals surface area contributed by atoms with Crippen LogP contribution in [0.3, 0.4) is 0 Å². The van der Waals surface area contributed by atoms with E-state index in [2.05, 4.69) is 5.32 Å². The first-order valence-electron chi connectivity index (χ1n) is 13.5. The van der Waals surface area contributed by atoms with E-state index >= 15 is 0 Å². The number of fused-ring (bicyclic) bond motifs is 1. The molecule has 0 spiro atoms. The highest BCUT2D eigenvalue weighted by Gasteiger charge is 2.46. The van der Waals surface area contributed by atoms with Gasteiger partial charge in [0.05, 0.1) is 11.3 Å². The van der Waals surface area contributed by atoms with Gasteiger partial charge in [-0.25, -0.2) is 0 Å². The third-order valence-electron chi connectivity index (χ3n) is 7.91. The van der Waals surface area contributed by atoms with Crippen molar-refractivity contribution in [2.24, 2.45) is 11.3 Å². The number of rotatable bonds is 12. The predicted molar refractivity (Wildman–Crippen MR) is 144 cm³/mol. The van der Waals surface area contributed by atoms with Crippen LogP contribution in [-0.4, -0.2) is 96.5 Å². The minimum Gasteiger partial charge on any atom is -0.481 e. The van der Waals surface area contributed by atoms with E-state index in [4.69, 9.17) is 0 Å². The van der Waals surface area contributed by atoms with Crippen LogP contribution in [0, 0.1) is 11.3 Å². The summed E-state index contributed by atoms with van der Waals surface area (Å²) in [5, 5.41) is 22.3. The number of carbonyl (C=O) groups is 5. The van der Waals surface area contributed by atoms with Gasteiger partial charge in [-0.15, -0.1) is 0 Å². The highest BCUT2D eigenvalue weighted by Crippen LogP contribution is 2.44. The molecular formula is C28H40N4O7. The summed E-state index contributed by atoms with van der Waals surface area (Å²) in [5.41, 5.74) is 0.324. The maximum Gasteiger partial charge on any atom is 0.323 e. The van der Waals surface area contributed by atoms with E-state index in [9.17, 15) is 34.2 Å². The monoisotopic (exact) mass is 544 g/mol. The molecule has 2 aliphatic rings. The third kappa shape index (κ3) is 7.56. The Morgan fingerprint density at radius 1 is 1.08 bits per heavy atom. The lowest BCUT2D eigenvalue weighted by atomic mass is 9.75. The lowest BCUT2D eigenvalue weighted by Crippen LogP contribution is -2.53. The Kier molecular flexibility index (Phi) is 10.1. The Hall–Kier alpha value is -3.47. The lowest BCUT2D eigenvalue weighted by Gasteiger charge is -2.33. The van der Waals surface area contributed by atoms with E-state index in [1.807, 2.05) is 31.1 Å². The van der Waals surface area contributed by atoms with Gasteiger partial charge >= 0.3 is 11.9 Å². The zero-order valence-electron chi connectivity index (χ0n) is 23.0. The molecule has 3 N–H and O–H groups in total. The van der Waals surface area contributed by atoms with Crippen molar-refractivity contribution in [3.63, 3.8) is 0 Å². The first-order chi connectivity index (χ1) is 18.4. The fraction of sp³-hybridized carbons (Fsp3) is 0.607. The second-order valence-electron chi connectivity index (χ2n) is 11.1. The van der Waals surface area contributed by atoms with Crippen LogP contribution in [0.4, 0.5) is 5.69 Å². The number of aliphatic carboxylic acids is 2. The summed E-state index contributed by atoms with van der Waals surface area (Å²) in [5.74, 6) is -4.53. The van der Waals surface area contributed by atoms with Gasteiger partial charge in [-0.3, -0.25) is 28.9 Å². The molecule has 1 heterocycles. The molecule has 3 rings (SSSR count). The highest BCUT2D eigenvalue weighted by molar-refractivity contribution is 6.03. The summed E-state index contributed by atoms with van der Waals surface area (Å²) in [4.78, 5) is 68.4. The molecule has 39 heavy (non-hydrogen) atoms. The number of amides is 3. The second kappa shape index (κ2) is 13.1. The molecule has 11 nitrogen and oxygen atoms in total. The second-order valence-corrected chi connectivity index (χ2v) is 11.1. The van der Waals surface area contributed by atoms with Crippen LogP contribution in [0.1, 0.15) is 50.5 Å². The summed E-state index contributed by atoms with van der Waals surface area (Å²) in [7, 11) is 5.42. The molecule has 1 aliphatic carbocycles. The smallest absolute Gasteiger partial charge is 0.323 e. The number of carboxylic acid groups (broad SMARTS) is 2. The van der Waals surface area contributed by atoms with Gasteiger partial charge in [-0.2, -0.15) is 0 Å². The van der Waals surface area contributed by atoms with Crippen LogP contribution < -0.4 is 10.2 Å². The number of anilines is 1. The summed E-state index contributed by atoms with van der Waals surface area (Å²) in [6, 6.07) is 6.15. The van der Waals surface area contributed by atoms with Gasteiger partial charge < -0.3 is 25.3 Å². The quantitative estimate of drug-likeness (QED) is 0.359. The molecule has 2 atom stereocenters. The molecule has 214 valence electrons. The highest BCUT2D eigenvalue weighted by atomic mass is 16.4. The van der Waals surface area contributed by atoms with Crippen molar-refractivity contribution in [1.29, 1.82) is 0 Å². The van der Waals surface area contributed by atoms with Crippen LogP contribution in [-0.2, 0) is 30.4 Å². The Morgan fingerprint density at radius 2 is 1.74 bits per heavy atom. The van der Waals surface area contributed by atoms with E-state index in [-0.39, 0.29) is 18.7 Å². The van der Waals surface area contributed by atoms with Gasteiger partial charge in [0.1, 0.15) is 12.6 Å². The molecule has 0 saturated heterocycles. The van der Waals surface area contributed by atoms with Crippen LogP contribution in [0.5, 0.6) is 0 Å². The summed E-state index contributed by atoms with van der Waals surface area (Å²) >= 11 is 0. The summed E-state index contributed by atoms with van der Waals surface area (Å²) in [6.45, 7) is 0.575. The van der Waals surface area contributed by atoms with Crippen LogP contribution >= 0.6 is 0 Å². The average molecular weight is 545 g/mol. The summed E-state index contributed by atoms with van der Waals surface area (Å²) < 4.78 is 0. The fourth-order valence-corrected chi connectivity index (χ4v) is 5.59. The molecule has 0 radical (unpaired) electrons. The summed E-state index contributed by atoms with van der Waals surface area (Å²) in [6.07, 6.45) is 2.98. The number of carboxylic acids is 2. The van der Waals surface area contributed by atoms with Gasteiger partial charge in [-0.1, -0.05) is 31.0 Å². The minimum atomic E-state index is -1.16. The first kappa shape index (κ1) is 30.1. The van der Waals surface area contributed by atoms with Gasteiger partial charge in [0.25, 0.3) is 0 Å². The van der Waals surface area contributed by atoms with Gasteiger partial charge in [0, 0.05) is 32.2 Å². The fourth-order valence-electron chi connectivity index (χ4n) is 5.59. The molecule has 1 fully saturated rings. The molecular weight excluding hydrogens is 504 g/mol. The van der Waals surface area contributed by atoms with Gasteiger partial charge in [-0.05, 0) is 57.8 Å².